The molecule has 0 fully saturated rings. The van der Waals surface area contributed by atoms with Crippen LogP contribution in [0.4, 0.5) is 0 Å². The lowest BCUT2D eigenvalue weighted by Crippen LogP contribution is -2.48. The zero-order valence-corrected chi connectivity index (χ0v) is 15.2. The molecule has 1 heterocycles. The Morgan fingerprint density at radius 2 is 1.92 bits per heavy atom. The molecule has 0 aromatic heterocycles. The molecule has 2 aromatic carbocycles. The van der Waals surface area contributed by atoms with E-state index in [1.165, 1.54) is 0 Å². The number of carbonyl (C=O) groups excluding carboxylic acids is 1. The van der Waals surface area contributed by atoms with Crippen molar-refractivity contribution in [2.45, 2.75) is 38.8 Å². The molecule has 0 unspecified atom stereocenters. The van der Waals surface area contributed by atoms with Gasteiger partial charge >= 0.3 is 0 Å². The summed E-state index contributed by atoms with van der Waals surface area (Å²) in [6.45, 7) is 5.14. The predicted octanol–water partition coefficient (Wildman–Crippen LogP) is 3.82. The van der Waals surface area contributed by atoms with E-state index in [-0.39, 0.29) is 18.1 Å². The molecule has 5 nitrogen and oxygen atoms in total. The molecule has 1 N–H and O–H groups in total. The van der Waals surface area contributed by atoms with Crippen molar-refractivity contribution in [2.75, 3.05) is 13.2 Å². The Hall–Kier alpha value is -2.69. The van der Waals surface area contributed by atoms with Crippen LogP contribution in [0.3, 0.4) is 0 Å². The molecule has 1 amide bonds. The molecular formula is C21H25NO4. The van der Waals surface area contributed by atoms with Crippen LogP contribution in [0.2, 0.25) is 0 Å². The Bertz CT molecular complexity index is 729. The molecular weight excluding hydrogens is 330 g/mol. The smallest absolute Gasteiger partial charge is 0.251 e. The number of unbranched alkanes of at least 4 members (excludes halogenated alkanes) is 1. The van der Waals surface area contributed by atoms with Crippen LogP contribution >= 0.6 is 0 Å². The van der Waals surface area contributed by atoms with Crippen molar-refractivity contribution in [3.05, 3.63) is 54.1 Å². The normalized spacial score (nSPS) is 16.6. The molecule has 0 saturated carbocycles. The molecule has 0 radical (unpaired) electrons. The summed E-state index contributed by atoms with van der Waals surface area (Å²) in [6.07, 6.45) is 1.88. The van der Waals surface area contributed by atoms with Crippen LogP contribution in [0.5, 0.6) is 17.2 Å². The highest BCUT2D eigenvalue weighted by Gasteiger charge is 2.27. The fraction of sp³-hybridized carbons (Fsp3) is 0.381. The summed E-state index contributed by atoms with van der Waals surface area (Å²) in [5.74, 6) is 2.09. The van der Waals surface area contributed by atoms with Crippen molar-refractivity contribution in [3.8, 4) is 17.2 Å². The Kier molecular flexibility index (Phi) is 6.00. The van der Waals surface area contributed by atoms with Gasteiger partial charge in [-0.3, -0.25) is 4.79 Å². The molecule has 1 aliphatic rings. The number of fused-ring (bicyclic) bond motifs is 1. The summed E-state index contributed by atoms with van der Waals surface area (Å²) in [5, 5.41) is 2.98. The van der Waals surface area contributed by atoms with Crippen molar-refractivity contribution in [2.24, 2.45) is 0 Å². The lowest BCUT2D eigenvalue weighted by molar-refractivity contribution is 0.0606. The van der Waals surface area contributed by atoms with E-state index in [1.807, 2.05) is 43.3 Å². The molecule has 0 aliphatic carbocycles. The summed E-state index contributed by atoms with van der Waals surface area (Å²) >= 11 is 0. The zero-order chi connectivity index (χ0) is 18.4. The predicted molar refractivity (Wildman–Crippen MR) is 100 cm³/mol. The Morgan fingerprint density at radius 1 is 1.19 bits per heavy atom. The van der Waals surface area contributed by atoms with E-state index in [9.17, 15) is 4.79 Å². The quantitative estimate of drug-likeness (QED) is 0.767. The lowest BCUT2D eigenvalue weighted by atomic mass is 10.1. The summed E-state index contributed by atoms with van der Waals surface area (Å²) in [4.78, 5) is 12.5. The summed E-state index contributed by atoms with van der Waals surface area (Å²) < 4.78 is 17.3. The molecule has 0 bridgehead atoms. The first kappa shape index (κ1) is 18.1. The first-order valence-corrected chi connectivity index (χ1v) is 9.09. The minimum Gasteiger partial charge on any atom is -0.494 e. The summed E-state index contributed by atoms with van der Waals surface area (Å²) in [6, 6.07) is 14.6. The molecule has 3 rings (SSSR count). The molecule has 26 heavy (non-hydrogen) atoms. The Labute approximate surface area is 154 Å². The third-order valence-electron chi connectivity index (χ3n) is 4.33. The Morgan fingerprint density at radius 3 is 2.65 bits per heavy atom. The number of ether oxygens (including phenoxy) is 3. The van der Waals surface area contributed by atoms with Crippen LogP contribution < -0.4 is 19.5 Å². The fourth-order valence-electron chi connectivity index (χ4n) is 2.70. The van der Waals surface area contributed by atoms with Gasteiger partial charge in [0.15, 0.2) is 17.6 Å². The van der Waals surface area contributed by atoms with E-state index < -0.39 is 0 Å². The van der Waals surface area contributed by atoms with Crippen molar-refractivity contribution >= 4 is 5.91 Å². The van der Waals surface area contributed by atoms with Gasteiger partial charge in [-0.25, -0.2) is 0 Å². The van der Waals surface area contributed by atoms with Gasteiger partial charge in [-0.2, -0.15) is 0 Å². The van der Waals surface area contributed by atoms with Gasteiger partial charge in [-0.05, 0) is 49.7 Å². The maximum Gasteiger partial charge on any atom is 0.251 e. The van der Waals surface area contributed by atoms with Crippen molar-refractivity contribution in [1.29, 1.82) is 0 Å². The van der Waals surface area contributed by atoms with E-state index in [0.29, 0.717) is 24.5 Å². The van der Waals surface area contributed by atoms with E-state index >= 15 is 0 Å². The number of para-hydroxylation sites is 2. The van der Waals surface area contributed by atoms with Gasteiger partial charge in [-0.15, -0.1) is 0 Å². The summed E-state index contributed by atoms with van der Waals surface area (Å²) in [5.41, 5.74) is 0.594. The van der Waals surface area contributed by atoms with Crippen molar-refractivity contribution in [1.82, 2.24) is 5.32 Å². The van der Waals surface area contributed by atoms with Gasteiger partial charge in [0.2, 0.25) is 0 Å². The van der Waals surface area contributed by atoms with E-state index in [4.69, 9.17) is 14.2 Å². The second-order valence-corrected chi connectivity index (χ2v) is 6.40. The van der Waals surface area contributed by atoms with Gasteiger partial charge < -0.3 is 19.5 Å². The number of hydrogen-bond donors (Lipinski definition) is 1. The van der Waals surface area contributed by atoms with Gasteiger partial charge in [0, 0.05) is 5.56 Å². The highest BCUT2D eigenvalue weighted by atomic mass is 16.6. The standard InChI is InChI=1S/C21H25NO4/c1-3-4-13-24-17-11-9-16(10-12-17)21(23)22-15(2)20-14-25-18-7-5-6-8-19(18)26-20/h5-12,15,20H,3-4,13-14H2,1-2H3,(H,22,23)/t15-,20-/m1/s1. The fourth-order valence-corrected chi connectivity index (χ4v) is 2.70. The highest BCUT2D eigenvalue weighted by molar-refractivity contribution is 5.94. The van der Waals surface area contributed by atoms with Crippen LogP contribution in [0.15, 0.2) is 48.5 Å². The van der Waals surface area contributed by atoms with Crippen LogP contribution in [-0.2, 0) is 0 Å². The van der Waals surface area contributed by atoms with Crippen molar-refractivity contribution in [3.63, 3.8) is 0 Å². The minimum absolute atomic E-state index is 0.139. The largest absolute Gasteiger partial charge is 0.494 e. The Balaban J connectivity index is 1.54. The van der Waals surface area contributed by atoms with Crippen LogP contribution in [0, 0.1) is 0 Å². The SMILES string of the molecule is CCCCOc1ccc(C(=O)N[C@H](C)[C@H]2COc3ccccc3O2)cc1. The topological polar surface area (TPSA) is 56.8 Å². The number of nitrogens with one attached hydrogen (secondary N) is 1. The lowest BCUT2D eigenvalue weighted by Gasteiger charge is -2.30. The molecule has 138 valence electrons. The molecule has 0 spiro atoms. The number of rotatable bonds is 7. The third kappa shape index (κ3) is 4.48. The maximum atomic E-state index is 12.5. The van der Waals surface area contributed by atoms with Crippen LogP contribution in [0.1, 0.15) is 37.0 Å². The molecule has 0 saturated heterocycles. The van der Waals surface area contributed by atoms with Crippen molar-refractivity contribution < 1.29 is 19.0 Å². The molecule has 2 atom stereocenters. The number of benzene rings is 2. The van der Waals surface area contributed by atoms with Gasteiger partial charge in [-0.1, -0.05) is 25.5 Å². The first-order valence-electron chi connectivity index (χ1n) is 9.09. The van der Waals surface area contributed by atoms with Crippen LogP contribution in [0.25, 0.3) is 0 Å². The molecule has 1 aliphatic heterocycles. The maximum absolute atomic E-state index is 12.5. The number of carbonyl (C=O) groups is 1. The summed E-state index contributed by atoms with van der Waals surface area (Å²) in [7, 11) is 0. The van der Waals surface area contributed by atoms with E-state index in [0.717, 1.165) is 24.3 Å². The zero-order valence-electron chi connectivity index (χ0n) is 15.2. The third-order valence-corrected chi connectivity index (χ3v) is 4.33. The minimum atomic E-state index is -0.231. The monoisotopic (exact) mass is 355 g/mol. The van der Waals surface area contributed by atoms with E-state index in [1.54, 1.807) is 12.1 Å². The average molecular weight is 355 g/mol. The van der Waals surface area contributed by atoms with E-state index in [2.05, 4.69) is 12.2 Å². The highest BCUT2D eigenvalue weighted by Crippen LogP contribution is 2.31. The first-order chi connectivity index (χ1) is 12.7. The number of hydrogen-bond acceptors (Lipinski definition) is 4. The molecule has 5 heteroatoms. The average Bonchev–Trinajstić information content (AvgIpc) is 2.68. The van der Waals surface area contributed by atoms with Gasteiger partial charge in [0.05, 0.1) is 12.6 Å². The second kappa shape index (κ2) is 8.61. The molecule has 2 aromatic rings. The van der Waals surface area contributed by atoms with Gasteiger partial charge in [0.25, 0.3) is 5.91 Å². The second-order valence-electron chi connectivity index (χ2n) is 6.40. The number of amides is 1. The van der Waals surface area contributed by atoms with Crippen LogP contribution in [-0.4, -0.2) is 31.3 Å². The van der Waals surface area contributed by atoms with Gasteiger partial charge in [0.1, 0.15) is 12.4 Å².